The van der Waals surface area contributed by atoms with Crippen LogP contribution in [-0.4, -0.2) is 61.9 Å². The number of morpholine rings is 1. The van der Waals surface area contributed by atoms with Gasteiger partial charge in [0.2, 0.25) is 0 Å². The van der Waals surface area contributed by atoms with Crippen molar-refractivity contribution < 1.29 is 14.3 Å². The third kappa shape index (κ3) is 2.84. The van der Waals surface area contributed by atoms with E-state index in [9.17, 15) is 4.79 Å². The molecule has 5 nitrogen and oxygen atoms in total. The summed E-state index contributed by atoms with van der Waals surface area (Å²) in [7, 11) is 1.47. The lowest BCUT2D eigenvalue weighted by molar-refractivity contribution is -0.144. The predicted molar refractivity (Wildman–Crippen MR) is 66.3 cm³/mol. The molecule has 0 aromatic rings. The molecule has 1 N–H and O–H groups in total. The summed E-state index contributed by atoms with van der Waals surface area (Å²) in [5.74, 6) is -0.138. The number of carbonyl (C=O) groups excluding carboxylic acids is 1. The average Bonchev–Trinajstić information content (AvgIpc) is 3.12. The molecule has 18 heavy (non-hydrogen) atoms. The fourth-order valence-electron chi connectivity index (χ4n) is 2.98. The monoisotopic (exact) mass is 254 g/mol. The summed E-state index contributed by atoms with van der Waals surface area (Å²) >= 11 is 0. The Morgan fingerprint density at radius 1 is 1.33 bits per heavy atom. The molecule has 0 amide bonds. The lowest BCUT2D eigenvalue weighted by Crippen LogP contribution is -2.52. The molecule has 0 aromatic carbocycles. The van der Waals surface area contributed by atoms with Gasteiger partial charge in [0.15, 0.2) is 0 Å². The van der Waals surface area contributed by atoms with Crippen LogP contribution < -0.4 is 5.32 Å². The van der Waals surface area contributed by atoms with E-state index in [0.29, 0.717) is 18.2 Å². The number of hydrogen-bond acceptors (Lipinski definition) is 5. The molecule has 1 aliphatic carbocycles. The quantitative estimate of drug-likeness (QED) is 0.707. The summed E-state index contributed by atoms with van der Waals surface area (Å²) in [6.45, 7) is 2.66. The predicted octanol–water partition coefficient (Wildman–Crippen LogP) is 0.143. The van der Waals surface area contributed by atoms with Gasteiger partial charge in [-0.15, -0.1) is 0 Å². The van der Waals surface area contributed by atoms with Gasteiger partial charge in [-0.2, -0.15) is 0 Å². The molecule has 2 bridgehead atoms. The fraction of sp³-hybridized carbons (Fsp3) is 0.923. The van der Waals surface area contributed by atoms with E-state index in [0.717, 1.165) is 19.6 Å². The van der Waals surface area contributed by atoms with Crippen LogP contribution in [0.3, 0.4) is 0 Å². The number of likely N-dealkylation sites (tertiary alicyclic amines) is 1. The standard InChI is InChI=1S/C13H22N2O3/c1-17-13(16)12(14-9-2-3-9)8-15-6-10-4-5-11(7-15)18-10/h9-12,14H,2-8H2,1H3. The fourth-order valence-corrected chi connectivity index (χ4v) is 2.98. The minimum atomic E-state index is -0.181. The molecule has 0 aromatic heterocycles. The molecule has 3 atom stereocenters. The van der Waals surface area contributed by atoms with Gasteiger partial charge in [0.05, 0.1) is 19.3 Å². The van der Waals surface area contributed by atoms with Crippen molar-refractivity contribution in [2.75, 3.05) is 26.7 Å². The Morgan fingerprint density at radius 3 is 2.56 bits per heavy atom. The zero-order chi connectivity index (χ0) is 12.5. The van der Waals surface area contributed by atoms with Crippen LogP contribution in [0, 0.1) is 0 Å². The Balaban J connectivity index is 1.55. The maximum atomic E-state index is 11.8. The Bertz CT molecular complexity index is 307. The first kappa shape index (κ1) is 12.4. The number of carbonyl (C=O) groups is 1. The zero-order valence-electron chi connectivity index (χ0n) is 10.9. The minimum absolute atomic E-state index is 0.138. The number of fused-ring (bicyclic) bond motifs is 2. The summed E-state index contributed by atoms with van der Waals surface area (Å²) in [6.07, 6.45) is 5.45. The molecule has 2 aliphatic heterocycles. The van der Waals surface area contributed by atoms with Gasteiger partial charge in [0.1, 0.15) is 6.04 Å². The Labute approximate surface area is 108 Å². The largest absolute Gasteiger partial charge is 0.468 e. The third-order valence-electron chi connectivity index (χ3n) is 4.06. The number of methoxy groups -OCH3 is 1. The second kappa shape index (κ2) is 5.15. The lowest BCUT2D eigenvalue weighted by Gasteiger charge is -2.34. The molecule has 102 valence electrons. The van der Waals surface area contributed by atoms with E-state index in [1.54, 1.807) is 0 Å². The van der Waals surface area contributed by atoms with Gasteiger partial charge in [0, 0.05) is 25.7 Å². The Hall–Kier alpha value is -0.650. The number of nitrogens with zero attached hydrogens (tertiary/aromatic N) is 1. The van der Waals surface area contributed by atoms with Gasteiger partial charge in [-0.3, -0.25) is 9.69 Å². The van der Waals surface area contributed by atoms with Crippen molar-refractivity contribution in [3.05, 3.63) is 0 Å². The van der Waals surface area contributed by atoms with Crippen LogP contribution in [0.4, 0.5) is 0 Å². The summed E-state index contributed by atoms with van der Waals surface area (Å²) in [4.78, 5) is 14.1. The first-order valence-electron chi connectivity index (χ1n) is 6.96. The molecule has 3 aliphatic rings. The number of ether oxygens (including phenoxy) is 2. The molecule has 0 radical (unpaired) electrons. The van der Waals surface area contributed by atoms with Crippen molar-refractivity contribution in [1.82, 2.24) is 10.2 Å². The SMILES string of the molecule is COC(=O)C(CN1CC2CCC(C1)O2)NC1CC1. The normalized spacial score (nSPS) is 33.4. The van der Waals surface area contributed by atoms with E-state index in [-0.39, 0.29) is 12.0 Å². The van der Waals surface area contributed by atoms with E-state index in [4.69, 9.17) is 9.47 Å². The molecular weight excluding hydrogens is 232 g/mol. The first-order chi connectivity index (χ1) is 8.74. The molecule has 3 fully saturated rings. The highest BCUT2D eigenvalue weighted by Crippen LogP contribution is 2.26. The first-order valence-corrected chi connectivity index (χ1v) is 6.96. The number of rotatable bonds is 5. The van der Waals surface area contributed by atoms with Crippen molar-refractivity contribution >= 4 is 5.97 Å². The zero-order valence-corrected chi connectivity index (χ0v) is 10.9. The minimum Gasteiger partial charge on any atom is -0.468 e. The van der Waals surface area contributed by atoms with Crippen LogP contribution in [0.25, 0.3) is 0 Å². The number of nitrogens with one attached hydrogen (secondary N) is 1. The third-order valence-corrected chi connectivity index (χ3v) is 4.06. The van der Waals surface area contributed by atoms with Crippen molar-refractivity contribution in [2.45, 2.75) is 50.0 Å². The molecule has 3 rings (SSSR count). The van der Waals surface area contributed by atoms with Crippen LogP contribution in [-0.2, 0) is 14.3 Å². The van der Waals surface area contributed by atoms with Gasteiger partial charge in [-0.1, -0.05) is 0 Å². The molecular formula is C13H22N2O3. The van der Waals surface area contributed by atoms with Crippen LogP contribution in [0.5, 0.6) is 0 Å². The maximum absolute atomic E-state index is 11.8. The number of hydrogen-bond donors (Lipinski definition) is 1. The molecule has 5 heteroatoms. The van der Waals surface area contributed by atoms with Crippen molar-refractivity contribution in [2.24, 2.45) is 0 Å². The van der Waals surface area contributed by atoms with Crippen molar-refractivity contribution in [3.8, 4) is 0 Å². The molecule has 0 spiro atoms. The van der Waals surface area contributed by atoms with Gasteiger partial charge in [-0.25, -0.2) is 0 Å². The van der Waals surface area contributed by atoms with E-state index in [1.165, 1.54) is 32.8 Å². The summed E-state index contributed by atoms with van der Waals surface area (Å²) in [6, 6.07) is 0.340. The number of esters is 1. The maximum Gasteiger partial charge on any atom is 0.324 e. The second-order valence-electron chi connectivity index (χ2n) is 5.69. The van der Waals surface area contributed by atoms with Crippen LogP contribution in [0.1, 0.15) is 25.7 Å². The molecule has 3 unspecified atom stereocenters. The van der Waals surface area contributed by atoms with E-state index in [1.807, 2.05) is 0 Å². The average molecular weight is 254 g/mol. The van der Waals surface area contributed by atoms with Gasteiger partial charge < -0.3 is 14.8 Å². The highest BCUT2D eigenvalue weighted by atomic mass is 16.5. The summed E-state index contributed by atoms with van der Waals surface area (Å²) in [5, 5.41) is 3.38. The molecule has 2 heterocycles. The Kier molecular flexibility index (Phi) is 3.54. The van der Waals surface area contributed by atoms with Crippen LogP contribution >= 0.6 is 0 Å². The Morgan fingerprint density at radius 2 is 2.00 bits per heavy atom. The van der Waals surface area contributed by atoms with Crippen LogP contribution in [0.15, 0.2) is 0 Å². The summed E-state index contributed by atoms with van der Waals surface area (Å²) < 4.78 is 10.7. The van der Waals surface area contributed by atoms with E-state index < -0.39 is 0 Å². The van der Waals surface area contributed by atoms with E-state index >= 15 is 0 Å². The van der Waals surface area contributed by atoms with E-state index in [2.05, 4.69) is 10.2 Å². The highest BCUT2D eigenvalue weighted by molar-refractivity contribution is 5.76. The van der Waals surface area contributed by atoms with Crippen molar-refractivity contribution in [3.63, 3.8) is 0 Å². The molecule has 2 saturated heterocycles. The lowest BCUT2D eigenvalue weighted by atomic mass is 10.2. The van der Waals surface area contributed by atoms with Gasteiger partial charge in [0.25, 0.3) is 0 Å². The van der Waals surface area contributed by atoms with Crippen LogP contribution in [0.2, 0.25) is 0 Å². The molecule has 1 saturated carbocycles. The topological polar surface area (TPSA) is 50.8 Å². The van der Waals surface area contributed by atoms with Gasteiger partial charge in [-0.05, 0) is 25.7 Å². The second-order valence-corrected chi connectivity index (χ2v) is 5.69. The highest BCUT2D eigenvalue weighted by Gasteiger charge is 2.36. The van der Waals surface area contributed by atoms with Crippen molar-refractivity contribution in [1.29, 1.82) is 0 Å². The van der Waals surface area contributed by atoms with Gasteiger partial charge >= 0.3 is 5.97 Å². The summed E-state index contributed by atoms with van der Waals surface area (Å²) in [5.41, 5.74) is 0. The smallest absolute Gasteiger partial charge is 0.324 e.